The molecule has 2 saturated heterocycles. The molecular formula is C89H103F2N12Na3O23S4. The number of alkyl halides is 2. The van der Waals surface area contributed by atoms with Crippen LogP contribution >= 0.6 is 0 Å². The Morgan fingerprint density at radius 1 is 0.699 bits per heavy atom. The summed E-state index contributed by atoms with van der Waals surface area (Å²) in [4.78, 5) is 81.6. The molecule has 12 rings (SSSR count). The molecule has 2 fully saturated rings. The first kappa shape index (κ1) is 109. The number of nitrogens with one attached hydrogen (secondary N) is 4. The van der Waals surface area contributed by atoms with Crippen molar-refractivity contribution in [1.29, 1.82) is 5.26 Å². The first-order valence-corrected chi connectivity index (χ1v) is 48.6. The van der Waals surface area contributed by atoms with Gasteiger partial charge in [-0.15, -0.1) is 5.10 Å². The van der Waals surface area contributed by atoms with E-state index in [-0.39, 0.29) is 249 Å². The Balaban J connectivity index is 0.00000663. The van der Waals surface area contributed by atoms with Crippen LogP contribution in [-0.2, 0) is 120 Å². The smallest absolute Gasteiger partial charge is 0.748 e. The van der Waals surface area contributed by atoms with E-state index in [1.165, 1.54) is 36.4 Å². The minimum absolute atomic E-state index is 0. The van der Waals surface area contributed by atoms with Crippen LogP contribution in [0.1, 0.15) is 148 Å². The molecule has 0 unspecified atom stereocenters. The number of halogens is 2. The van der Waals surface area contributed by atoms with Crippen molar-refractivity contribution in [3.05, 3.63) is 195 Å². The Morgan fingerprint density at radius 2 is 1.35 bits per heavy atom. The largest absolute Gasteiger partial charge is 1.00 e. The summed E-state index contributed by atoms with van der Waals surface area (Å²) in [6.45, 7) is 9.62. The van der Waals surface area contributed by atoms with Crippen molar-refractivity contribution in [1.82, 2.24) is 46.1 Å². The van der Waals surface area contributed by atoms with E-state index in [0.29, 0.717) is 101 Å². The number of unbranched alkanes of at least 4 members (excludes halogenated alkanes) is 2. The number of ether oxygens (including phenoxy) is 5. The summed E-state index contributed by atoms with van der Waals surface area (Å²) >= 11 is 0. The van der Waals surface area contributed by atoms with Crippen molar-refractivity contribution in [3.63, 3.8) is 0 Å². The molecule has 0 spiro atoms. The Morgan fingerprint density at radius 3 is 2.03 bits per heavy atom. The summed E-state index contributed by atoms with van der Waals surface area (Å²) in [5, 5.41) is 28.9. The zero-order valence-electron chi connectivity index (χ0n) is 75.2. The fraction of sp³-hybridized carbons (Fsp3) is 0.461. The molecule has 5 aromatic carbocycles. The van der Waals surface area contributed by atoms with Crippen LogP contribution in [0.2, 0.25) is 0 Å². The normalized spacial score (nSPS) is 18.4. The molecule has 6 aromatic rings. The summed E-state index contributed by atoms with van der Waals surface area (Å²) in [7, 11) is -18.8. The van der Waals surface area contributed by atoms with E-state index in [2.05, 4.69) is 31.6 Å². The zero-order chi connectivity index (χ0) is 93.5. The molecule has 4 N–H and O–H groups in total. The maximum absolute atomic E-state index is 14.1. The summed E-state index contributed by atoms with van der Waals surface area (Å²) in [6, 6.07) is 27.2. The van der Waals surface area contributed by atoms with Crippen LogP contribution in [0.4, 0.5) is 20.2 Å². The minimum Gasteiger partial charge on any atom is -0.748 e. The molecule has 698 valence electrons. The van der Waals surface area contributed by atoms with E-state index in [4.69, 9.17) is 23.7 Å². The van der Waals surface area contributed by atoms with Gasteiger partial charge in [-0.2, -0.15) is 9.84 Å². The average Bonchev–Trinajstić information content (AvgIpc) is 1.59. The van der Waals surface area contributed by atoms with Crippen LogP contribution in [0.3, 0.4) is 0 Å². The van der Waals surface area contributed by atoms with Crippen molar-refractivity contribution in [2.45, 2.75) is 169 Å². The van der Waals surface area contributed by atoms with Gasteiger partial charge < -0.3 is 77.9 Å². The minimum atomic E-state index is -4.87. The van der Waals surface area contributed by atoms with Gasteiger partial charge in [0.05, 0.1) is 100 Å². The van der Waals surface area contributed by atoms with Crippen LogP contribution in [0.5, 0.6) is 5.75 Å². The molecule has 1 aliphatic carbocycles. The predicted molar refractivity (Wildman–Crippen MR) is 463 cm³/mol. The van der Waals surface area contributed by atoms with Crippen LogP contribution in [0.15, 0.2) is 166 Å². The zero-order valence-corrected chi connectivity index (χ0v) is 84.5. The first-order chi connectivity index (χ1) is 61.6. The first-order valence-electron chi connectivity index (χ1n) is 42.6. The second kappa shape index (κ2) is 47.9. The third-order valence-electron chi connectivity index (χ3n) is 23.6. The van der Waals surface area contributed by atoms with Crippen molar-refractivity contribution in [2.75, 3.05) is 102 Å². The molecular weight excluding hydrogens is 1840 g/mol. The van der Waals surface area contributed by atoms with E-state index in [9.17, 15) is 94.7 Å². The van der Waals surface area contributed by atoms with Gasteiger partial charge in [0, 0.05) is 134 Å². The molecule has 5 aliphatic heterocycles. The van der Waals surface area contributed by atoms with Gasteiger partial charge in [-0.25, -0.2) is 47.1 Å². The van der Waals surface area contributed by atoms with Gasteiger partial charge in [-0.05, 0) is 171 Å². The number of hydrogen-bond acceptors (Lipinski definition) is 27. The maximum atomic E-state index is 14.1. The SMILES string of the molecule is CC1(C)C(/C=C/C2=C(Oc3ccc(CCC(=O)NCCOCCOCOCCOCCC(=O)NCCNC(=O)c4ccc(-c5cn(Cc6cccc7c6CN(C(=O)C[C@@H]6C[C@@H](C(=O)N8CC(F)(F)C[C@H]8C#N)NC6=O)C7)nn5)cc4)cc3)C(=C/C=C3/N(CCCCS(=O)(=O)[O-])c4ccc(S(=O)(=O)[O-])cc4C3(C)C)/CCC2)=[N+](CCCCS(=O)(=O)[O-])c2ccc(S(=O)(=O)[O-])cc21.[Na+].[Na+].[Na+]. The number of aryl methyl sites for hydroxylation is 1. The van der Waals surface area contributed by atoms with Crippen molar-refractivity contribution < 1.29 is 206 Å². The quantitative estimate of drug-likeness (QED) is 0.0106. The van der Waals surface area contributed by atoms with Crippen LogP contribution < -0.4 is 120 Å². The fourth-order valence-electron chi connectivity index (χ4n) is 16.8. The molecule has 3 atom stereocenters. The third-order valence-corrected chi connectivity index (χ3v) is 26.8. The van der Waals surface area contributed by atoms with Gasteiger partial charge >= 0.3 is 88.7 Å². The van der Waals surface area contributed by atoms with E-state index in [1.54, 1.807) is 58.2 Å². The standard InChI is InChI=1S/C89H106F2N12O23S4.3Na/c1-87(2)72-49-69(129(116,117)118)26-28-76(72)101(37-5-7-45-127(110,111)112)78(87)30-22-61-11-9-12-62(23-31-79-88(3,4)73-50-70(130(119,120)121)27-29-77(73)102(79)38-6-8-46-128(113,114)115)83(61)126-68-24-15-59(16-25-68)17-32-80(104)94-36-40-123-42-44-125-58-124-43-41-122-39-33-81(105)93-34-35-95-84(107)63-20-18-60(19-21-63)75-56-100(98-97-75)54-65-14-10-13-64-53-99(55-71(64)65)82(106)48-66-47-74(96-85(66)108)86(109)103-57-89(90,91)51-67(103)52-92;;;/h10,13-16,18-31,49-50,56,66-67,74H,5-9,11-12,17,32-48,51,53-55,57-58H2,1-4H3,(H7-,93,94,95,96,104,105,107,108,110,111,112,113,114,115,116,117,118,119,120,121);;;/q;3*+1/p-3/t66-,67-,74-;;;/m0.../s1. The van der Waals surface area contributed by atoms with Crippen molar-refractivity contribution in [2.24, 2.45) is 5.92 Å². The van der Waals surface area contributed by atoms with E-state index in [1.807, 2.05) is 91.8 Å². The van der Waals surface area contributed by atoms with E-state index < -0.39 is 121 Å². The van der Waals surface area contributed by atoms with Gasteiger partial charge in [0.25, 0.3) is 11.8 Å². The molecule has 0 saturated carbocycles. The van der Waals surface area contributed by atoms with Crippen LogP contribution in [-0.4, -0.2) is 238 Å². The van der Waals surface area contributed by atoms with Crippen LogP contribution in [0.25, 0.3) is 11.3 Å². The number of carbonyl (C=O) groups is 6. The molecule has 35 nitrogen and oxygen atoms in total. The second-order valence-electron chi connectivity index (χ2n) is 33.6. The Hall–Kier alpha value is -7.88. The van der Waals surface area contributed by atoms with Gasteiger partial charge in [-0.1, -0.05) is 67.6 Å². The Labute approximate surface area is 838 Å². The number of rotatable bonds is 44. The third kappa shape index (κ3) is 29.6. The maximum Gasteiger partial charge on any atom is 1.00 e. The van der Waals surface area contributed by atoms with Crippen LogP contribution in [0, 0.1) is 17.2 Å². The van der Waals surface area contributed by atoms with Gasteiger partial charge in [0.1, 0.15) is 62.9 Å². The number of allylic oxidation sites excluding steroid dienone is 7. The fourth-order valence-corrected chi connectivity index (χ4v) is 18.9. The Kier molecular flexibility index (Phi) is 39.2. The summed E-state index contributed by atoms with van der Waals surface area (Å²) in [6.07, 6.45) is 11.1. The molecule has 6 amide bonds. The number of benzene rings is 5. The monoisotopic (exact) mass is 1940 g/mol. The number of amides is 6. The number of anilines is 1. The number of nitriles is 1. The predicted octanol–water partition coefficient (Wildman–Crippen LogP) is -1.97. The van der Waals surface area contributed by atoms with E-state index in [0.717, 1.165) is 38.3 Å². The molecule has 0 radical (unpaired) electrons. The number of aromatic nitrogens is 3. The van der Waals surface area contributed by atoms with Gasteiger partial charge in [0.15, 0.2) is 5.71 Å². The summed E-state index contributed by atoms with van der Waals surface area (Å²) < 4.78 is 204. The van der Waals surface area contributed by atoms with E-state index >= 15 is 0 Å². The van der Waals surface area contributed by atoms with Gasteiger partial charge in [-0.3, -0.25) is 28.8 Å². The summed E-state index contributed by atoms with van der Waals surface area (Å²) in [5.74, 6) is -6.77. The summed E-state index contributed by atoms with van der Waals surface area (Å²) in [5.41, 5.74) is 8.37. The molecule has 133 heavy (non-hydrogen) atoms. The molecule has 6 heterocycles. The average molecular weight is 1940 g/mol. The molecule has 44 heteroatoms. The number of likely N-dealkylation sites (tertiary alicyclic amines) is 1. The number of hydrogen-bond donors (Lipinski definition) is 4. The second-order valence-corrected chi connectivity index (χ2v) is 39.4. The van der Waals surface area contributed by atoms with Gasteiger partial charge in [0.2, 0.25) is 35.2 Å². The molecule has 6 aliphatic rings. The number of nitrogens with zero attached hydrogens (tertiary/aromatic N) is 8. The topological polar surface area (TPSA) is 493 Å². The number of fused-ring (bicyclic) bond motifs is 3. The van der Waals surface area contributed by atoms with Crippen molar-refractivity contribution in [3.8, 4) is 23.1 Å². The molecule has 1 aromatic heterocycles. The number of carbonyl (C=O) groups excluding carboxylic acids is 6. The Bertz CT molecular complexity index is 5960. The van der Waals surface area contributed by atoms with Crippen molar-refractivity contribution >= 4 is 93.0 Å². The molecule has 0 bridgehead atoms.